The smallest absolute Gasteiger partial charge is 0.242 e. The van der Waals surface area contributed by atoms with Gasteiger partial charge in [0.25, 0.3) is 0 Å². The second kappa shape index (κ2) is 9.77. The number of methoxy groups -OCH3 is 1. The maximum atomic E-state index is 12.4. The number of halogens is 1. The monoisotopic (exact) mass is 425 g/mol. The Hall–Kier alpha value is -2.29. The van der Waals surface area contributed by atoms with Crippen LogP contribution in [0.1, 0.15) is 12.0 Å². The van der Waals surface area contributed by atoms with Crippen molar-refractivity contribution in [2.75, 3.05) is 33.1 Å². The van der Waals surface area contributed by atoms with Crippen molar-refractivity contribution in [3.8, 4) is 5.75 Å². The quantitative estimate of drug-likeness (QED) is 0.645. The lowest BCUT2D eigenvalue weighted by Crippen LogP contribution is -2.28. The molecular formula is C19H24ClN3O4S. The number of hydrogen-bond donors (Lipinski definition) is 2. The SMILES string of the molecule is COc1ccc(Cl)cc1NCCC(=O)NCc1ccccc1S(=O)(=O)N(C)C. The number of nitrogens with one attached hydrogen (secondary N) is 2. The molecule has 0 aliphatic rings. The van der Waals surface area contributed by atoms with Crippen LogP contribution in [0.3, 0.4) is 0 Å². The van der Waals surface area contributed by atoms with Crippen LogP contribution in [0.5, 0.6) is 5.75 Å². The van der Waals surface area contributed by atoms with E-state index in [0.29, 0.717) is 28.6 Å². The van der Waals surface area contributed by atoms with E-state index in [1.54, 1.807) is 43.5 Å². The van der Waals surface area contributed by atoms with Crippen molar-refractivity contribution in [2.24, 2.45) is 0 Å². The normalized spacial score (nSPS) is 11.3. The van der Waals surface area contributed by atoms with E-state index in [0.717, 1.165) is 4.31 Å². The molecule has 2 rings (SSSR count). The third kappa shape index (κ3) is 5.60. The van der Waals surface area contributed by atoms with E-state index in [1.807, 2.05) is 0 Å². The lowest BCUT2D eigenvalue weighted by Gasteiger charge is -2.15. The van der Waals surface area contributed by atoms with E-state index >= 15 is 0 Å². The number of carbonyl (C=O) groups is 1. The fourth-order valence-corrected chi connectivity index (χ4v) is 3.80. The zero-order valence-electron chi connectivity index (χ0n) is 16.0. The van der Waals surface area contributed by atoms with Crippen molar-refractivity contribution in [3.63, 3.8) is 0 Å². The first kappa shape index (κ1) is 22.0. The fourth-order valence-electron chi connectivity index (χ4n) is 2.51. The Kier molecular flexibility index (Phi) is 7.68. The molecule has 0 atom stereocenters. The number of sulfonamides is 1. The van der Waals surface area contributed by atoms with Crippen LogP contribution < -0.4 is 15.4 Å². The molecule has 2 N–H and O–H groups in total. The topological polar surface area (TPSA) is 87.7 Å². The van der Waals surface area contributed by atoms with Gasteiger partial charge in [-0.1, -0.05) is 29.8 Å². The maximum Gasteiger partial charge on any atom is 0.242 e. The van der Waals surface area contributed by atoms with E-state index in [4.69, 9.17) is 16.3 Å². The highest BCUT2D eigenvalue weighted by molar-refractivity contribution is 7.89. The summed E-state index contributed by atoms with van der Waals surface area (Å²) < 4.78 is 31.2. The van der Waals surface area contributed by atoms with Gasteiger partial charge < -0.3 is 15.4 Å². The summed E-state index contributed by atoms with van der Waals surface area (Å²) in [5, 5.41) is 6.43. The molecule has 0 heterocycles. The minimum atomic E-state index is -3.58. The predicted molar refractivity (Wildman–Crippen MR) is 110 cm³/mol. The van der Waals surface area contributed by atoms with Crippen LogP contribution in [0.15, 0.2) is 47.4 Å². The van der Waals surface area contributed by atoms with Crippen molar-refractivity contribution < 1.29 is 17.9 Å². The summed E-state index contributed by atoms with van der Waals surface area (Å²) in [6.07, 6.45) is 0.207. The van der Waals surface area contributed by atoms with Gasteiger partial charge in [-0.15, -0.1) is 0 Å². The second-order valence-electron chi connectivity index (χ2n) is 6.19. The highest BCUT2D eigenvalue weighted by atomic mass is 35.5. The Morgan fingerprint density at radius 1 is 1.18 bits per heavy atom. The van der Waals surface area contributed by atoms with Crippen molar-refractivity contribution in [1.29, 1.82) is 0 Å². The Labute approximate surface area is 170 Å². The van der Waals surface area contributed by atoms with Crippen molar-refractivity contribution in [1.82, 2.24) is 9.62 Å². The van der Waals surface area contributed by atoms with Crippen molar-refractivity contribution in [2.45, 2.75) is 17.9 Å². The highest BCUT2D eigenvalue weighted by Gasteiger charge is 2.20. The Bertz CT molecular complexity index is 933. The largest absolute Gasteiger partial charge is 0.495 e. The zero-order chi connectivity index (χ0) is 20.7. The van der Waals surface area contributed by atoms with Gasteiger partial charge >= 0.3 is 0 Å². The molecule has 0 bridgehead atoms. The molecule has 1 amide bonds. The van der Waals surface area contributed by atoms with Crippen LogP contribution in [0, 0.1) is 0 Å². The first-order valence-electron chi connectivity index (χ1n) is 8.60. The standard InChI is InChI=1S/C19H24ClN3O4S/c1-23(2)28(25,26)18-7-5-4-6-14(18)13-22-19(24)10-11-21-16-12-15(20)8-9-17(16)27-3/h4-9,12,21H,10-11,13H2,1-3H3,(H,22,24). The van der Waals surface area contributed by atoms with Gasteiger partial charge in [0, 0.05) is 38.6 Å². The number of ether oxygens (including phenoxy) is 1. The summed E-state index contributed by atoms with van der Waals surface area (Å²) in [5.74, 6) is 0.429. The molecule has 0 aliphatic heterocycles. The first-order chi connectivity index (χ1) is 13.3. The molecule has 9 heteroatoms. The van der Waals surface area contributed by atoms with E-state index in [-0.39, 0.29) is 23.8 Å². The van der Waals surface area contributed by atoms with Gasteiger partial charge in [-0.05, 0) is 29.8 Å². The van der Waals surface area contributed by atoms with Gasteiger partial charge in [-0.2, -0.15) is 0 Å². The van der Waals surface area contributed by atoms with E-state index < -0.39 is 10.0 Å². The first-order valence-corrected chi connectivity index (χ1v) is 10.4. The number of amides is 1. The number of rotatable bonds is 9. The Balaban J connectivity index is 1.93. The maximum absolute atomic E-state index is 12.4. The summed E-state index contributed by atoms with van der Waals surface area (Å²) in [6.45, 7) is 0.503. The van der Waals surface area contributed by atoms with Gasteiger partial charge in [-0.3, -0.25) is 4.79 Å². The molecule has 28 heavy (non-hydrogen) atoms. The number of benzene rings is 2. The Morgan fingerprint density at radius 2 is 1.89 bits per heavy atom. The average Bonchev–Trinajstić information content (AvgIpc) is 2.66. The van der Waals surface area contributed by atoms with Crippen molar-refractivity contribution >= 4 is 33.2 Å². The third-order valence-electron chi connectivity index (χ3n) is 4.04. The summed E-state index contributed by atoms with van der Waals surface area (Å²) in [5.41, 5.74) is 1.24. The molecule has 0 fully saturated rings. The molecule has 2 aromatic carbocycles. The minimum absolute atomic E-state index is 0.128. The molecule has 0 unspecified atom stereocenters. The van der Waals surface area contributed by atoms with Crippen LogP contribution in [-0.4, -0.2) is 46.4 Å². The summed E-state index contributed by atoms with van der Waals surface area (Å²) in [7, 11) is 0.924. The lowest BCUT2D eigenvalue weighted by molar-refractivity contribution is -0.121. The van der Waals surface area contributed by atoms with Gasteiger partial charge in [0.1, 0.15) is 5.75 Å². The fraction of sp³-hybridized carbons (Fsp3) is 0.316. The molecule has 0 aromatic heterocycles. The Morgan fingerprint density at radius 3 is 2.57 bits per heavy atom. The van der Waals surface area contributed by atoms with Crippen LogP contribution in [0.4, 0.5) is 5.69 Å². The average molecular weight is 426 g/mol. The third-order valence-corrected chi connectivity index (χ3v) is 6.19. The molecule has 0 aliphatic carbocycles. The number of carbonyl (C=O) groups excluding carboxylic acids is 1. The zero-order valence-corrected chi connectivity index (χ0v) is 17.6. The molecule has 0 saturated carbocycles. The summed E-state index contributed by atoms with van der Waals surface area (Å²) >= 11 is 5.98. The molecule has 0 saturated heterocycles. The van der Waals surface area contributed by atoms with Crippen LogP contribution in [0.25, 0.3) is 0 Å². The number of nitrogens with zero attached hydrogens (tertiary/aromatic N) is 1. The molecule has 2 aromatic rings. The van der Waals surface area contributed by atoms with Crippen molar-refractivity contribution in [3.05, 3.63) is 53.1 Å². The summed E-state index contributed by atoms with van der Waals surface area (Å²) in [6, 6.07) is 11.8. The van der Waals surface area contributed by atoms with Gasteiger partial charge in [0.05, 0.1) is 17.7 Å². The van der Waals surface area contributed by atoms with Crippen LogP contribution >= 0.6 is 11.6 Å². The van der Waals surface area contributed by atoms with E-state index in [1.165, 1.54) is 20.2 Å². The predicted octanol–water partition coefficient (Wildman–Crippen LogP) is 2.72. The van der Waals surface area contributed by atoms with Gasteiger partial charge in [0.2, 0.25) is 15.9 Å². The van der Waals surface area contributed by atoms with E-state index in [9.17, 15) is 13.2 Å². The highest BCUT2D eigenvalue weighted by Crippen LogP contribution is 2.27. The molecule has 0 radical (unpaired) electrons. The summed E-state index contributed by atoms with van der Waals surface area (Å²) in [4.78, 5) is 12.3. The molecule has 152 valence electrons. The van der Waals surface area contributed by atoms with Crippen LogP contribution in [-0.2, 0) is 21.4 Å². The molecule has 0 spiro atoms. The molecular weight excluding hydrogens is 402 g/mol. The molecule has 7 nitrogen and oxygen atoms in total. The van der Waals surface area contributed by atoms with E-state index in [2.05, 4.69) is 10.6 Å². The van der Waals surface area contributed by atoms with Crippen LogP contribution in [0.2, 0.25) is 5.02 Å². The minimum Gasteiger partial charge on any atom is -0.495 e. The number of anilines is 1. The lowest BCUT2D eigenvalue weighted by atomic mass is 10.2. The van der Waals surface area contributed by atoms with Gasteiger partial charge in [-0.25, -0.2) is 12.7 Å². The second-order valence-corrected chi connectivity index (χ2v) is 8.75. The van der Waals surface area contributed by atoms with Gasteiger partial charge in [0.15, 0.2) is 0 Å². The number of hydrogen-bond acceptors (Lipinski definition) is 5.